The van der Waals surface area contributed by atoms with E-state index < -0.39 is 5.97 Å². The Hall–Kier alpha value is -1.47. The Morgan fingerprint density at radius 3 is 3.00 bits per heavy atom. The minimum Gasteiger partial charge on any atom is -0.480 e. The second-order valence-electron chi connectivity index (χ2n) is 5.21. The highest BCUT2D eigenvalue weighted by atomic mass is 32.1. The Balaban J connectivity index is 1.89. The number of nitrogens with one attached hydrogen (secondary N) is 1. The van der Waals surface area contributed by atoms with Gasteiger partial charge in [0.2, 0.25) is 5.91 Å². The van der Waals surface area contributed by atoms with Crippen LogP contribution in [0.3, 0.4) is 0 Å². The molecule has 2 heterocycles. The van der Waals surface area contributed by atoms with Crippen molar-refractivity contribution in [3.8, 4) is 0 Å². The zero-order valence-electron chi connectivity index (χ0n) is 12.2. The van der Waals surface area contributed by atoms with Gasteiger partial charge in [0.25, 0.3) is 0 Å². The van der Waals surface area contributed by atoms with Crippen molar-refractivity contribution in [3.63, 3.8) is 0 Å². The lowest BCUT2D eigenvalue weighted by molar-refractivity contribution is -0.138. The Bertz CT molecular complexity index is 516. The lowest BCUT2D eigenvalue weighted by Crippen LogP contribution is -2.34. The molecule has 0 saturated heterocycles. The summed E-state index contributed by atoms with van der Waals surface area (Å²) in [4.78, 5) is 30.0. The molecule has 2 N–H and O–H groups in total. The molecule has 116 valence electrons. The van der Waals surface area contributed by atoms with E-state index in [2.05, 4.69) is 17.2 Å². The molecule has 1 amide bonds. The Labute approximate surface area is 128 Å². The van der Waals surface area contributed by atoms with Crippen LogP contribution in [0.4, 0.5) is 0 Å². The highest BCUT2D eigenvalue weighted by Gasteiger charge is 2.22. The molecule has 0 aliphatic carbocycles. The third-order valence-electron chi connectivity index (χ3n) is 3.38. The fourth-order valence-electron chi connectivity index (χ4n) is 2.31. The van der Waals surface area contributed by atoms with Crippen LogP contribution in [0.5, 0.6) is 0 Å². The highest BCUT2D eigenvalue weighted by Crippen LogP contribution is 2.25. The van der Waals surface area contributed by atoms with E-state index >= 15 is 0 Å². The van der Waals surface area contributed by atoms with Crippen molar-refractivity contribution in [2.24, 2.45) is 0 Å². The zero-order valence-corrected chi connectivity index (χ0v) is 13.0. The monoisotopic (exact) mass is 311 g/mol. The summed E-state index contributed by atoms with van der Waals surface area (Å²) in [7, 11) is 0. The SMILES string of the molecule is CCCCNC(=O)Cc1nc2c(s1)CN(CC(=O)O)CC2. The van der Waals surface area contributed by atoms with Crippen molar-refractivity contribution in [1.82, 2.24) is 15.2 Å². The predicted molar refractivity (Wildman–Crippen MR) is 80.4 cm³/mol. The van der Waals surface area contributed by atoms with Gasteiger partial charge in [0.05, 0.1) is 18.7 Å². The lowest BCUT2D eigenvalue weighted by atomic mass is 10.2. The molecule has 7 heteroatoms. The molecule has 0 unspecified atom stereocenters. The topological polar surface area (TPSA) is 82.5 Å². The van der Waals surface area contributed by atoms with Crippen molar-refractivity contribution in [3.05, 3.63) is 15.6 Å². The number of aromatic nitrogens is 1. The van der Waals surface area contributed by atoms with Crippen molar-refractivity contribution >= 4 is 23.2 Å². The van der Waals surface area contributed by atoms with Crippen LogP contribution in [0, 0.1) is 0 Å². The fraction of sp³-hybridized carbons (Fsp3) is 0.643. The van der Waals surface area contributed by atoms with E-state index in [1.807, 2.05) is 4.90 Å². The number of amides is 1. The molecule has 0 bridgehead atoms. The largest absolute Gasteiger partial charge is 0.480 e. The van der Waals surface area contributed by atoms with E-state index in [1.165, 1.54) is 11.3 Å². The van der Waals surface area contributed by atoms with Gasteiger partial charge in [0.1, 0.15) is 5.01 Å². The van der Waals surface area contributed by atoms with E-state index in [9.17, 15) is 9.59 Å². The Kier molecular flexibility index (Phi) is 5.69. The van der Waals surface area contributed by atoms with Gasteiger partial charge in [0.15, 0.2) is 0 Å². The molecule has 0 fully saturated rings. The molecular weight excluding hydrogens is 290 g/mol. The van der Waals surface area contributed by atoms with E-state index in [0.717, 1.165) is 34.8 Å². The van der Waals surface area contributed by atoms with Crippen LogP contribution in [0.15, 0.2) is 0 Å². The van der Waals surface area contributed by atoms with Gasteiger partial charge in [-0.1, -0.05) is 13.3 Å². The number of thiazole rings is 1. The van der Waals surface area contributed by atoms with Gasteiger partial charge >= 0.3 is 5.97 Å². The van der Waals surface area contributed by atoms with Gasteiger partial charge in [-0.3, -0.25) is 14.5 Å². The van der Waals surface area contributed by atoms with Gasteiger partial charge in [0, 0.05) is 30.9 Å². The van der Waals surface area contributed by atoms with Crippen LogP contribution in [-0.2, 0) is 29.0 Å². The van der Waals surface area contributed by atoms with Crippen molar-refractivity contribution in [2.45, 2.75) is 39.2 Å². The second-order valence-corrected chi connectivity index (χ2v) is 6.38. The summed E-state index contributed by atoms with van der Waals surface area (Å²) in [6, 6.07) is 0. The number of fused-ring (bicyclic) bond motifs is 1. The average molecular weight is 311 g/mol. The summed E-state index contributed by atoms with van der Waals surface area (Å²) in [5.41, 5.74) is 1.03. The van der Waals surface area contributed by atoms with Crippen molar-refractivity contribution in [2.75, 3.05) is 19.6 Å². The number of unbranched alkanes of at least 4 members (excludes halogenated alkanes) is 1. The molecule has 21 heavy (non-hydrogen) atoms. The summed E-state index contributed by atoms with van der Waals surface area (Å²) in [5.74, 6) is -0.796. The first-order valence-corrected chi connectivity index (χ1v) is 8.08. The van der Waals surface area contributed by atoms with Gasteiger partial charge in [-0.05, 0) is 6.42 Å². The number of rotatable bonds is 7. The van der Waals surface area contributed by atoms with Crippen molar-refractivity contribution in [1.29, 1.82) is 0 Å². The van der Waals surface area contributed by atoms with Gasteiger partial charge in [-0.2, -0.15) is 0 Å². The number of hydrogen-bond acceptors (Lipinski definition) is 5. The number of carboxylic acids is 1. The van der Waals surface area contributed by atoms with Gasteiger partial charge in [-0.25, -0.2) is 4.98 Å². The number of carbonyl (C=O) groups is 2. The first kappa shape index (κ1) is 15.9. The lowest BCUT2D eigenvalue weighted by Gasteiger charge is -2.23. The molecule has 1 aliphatic heterocycles. The van der Waals surface area contributed by atoms with Crippen LogP contribution in [0.1, 0.15) is 35.3 Å². The summed E-state index contributed by atoms with van der Waals surface area (Å²) < 4.78 is 0. The quantitative estimate of drug-likeness (QED) is 0.735. The molecule has 0 spiro atoms. The first-order valence-electron chi connectivity index (χ1n) is 7.26. The maximum Gasteiger partial charge on any atom is 0.317 e. The maximum atomic E-state index is 11.8. The van der Waals surface area contributed by atoms with Crippen LogP contribution in [-0.4, -0.2) is 46.5 Å². The molecule has 0 radical (unpaired) electrons. The molecule has 0 aromatic carbocycles. The third-order valence-corrected chi connectivity index (χ3v) is 4.46. The Morgan fingerprint density at radius 1 is 1.48 bits per heavy atom. The van der Waals surface area contributed by atoms with E-state index in [1.54, 1.807) is 0 Å². The standard InChI is InChI=1S/C14H21N3O3S/c1-2-3-5-15-12(18)7-13-16-10-4-6-17(9-14(19)20)8-11(10)21-13/h2-9H2,1H3,(H,15,18)(H,19,20). The van der Waals surface area contributed by atoms with Crippen molar-refractivity contribution < 1.29 is 14.7 Å². The highest BCUT2D eigenvalue weighted by molar-refractivity contribution is 7.11. The molecule has 1 aromatic rings. The normalized spacial score (nSPS) is 14.7. The molecule has 1 aromatic heterocycles. The van der Waals surface area contributed by atoms with Gasteiger partial charge < -0.3 is 10.4 Å². The van der Waals surface area contributed by atoms with Gasteiger partial charge in [-0.15, -0.1) is 11.3 Å². The second kappa shape index (κ2) is 7.51. The van der Waals surface area contributed by atoms with Crippen LogP contribution < -0.4 is 5.32 Å². The summed E-state index contributed by atoms with van der Waals surface area (Å²) in [6.07, 6.45) is 3.13. The number of carboxylic acid groups (broad SMARTS) is 1. The van der Waals surface area contributed by atoms with E-state index in [4.69, 9.17) is 5.11 Å². The minimum atomic E-state index is -0.807. The van der Waals surface area contributed by atoms with Crippen LogP contribution >= 0.6 is 11.3 Å². The first-order chi connectivity index (χ1) is 10.1. The summed E-state index contributed by atoms with van der Waals surface area (Å²) in [6.45, 7) is 4.20. The number of hydrogen-bond donors (Lipinski definition) is 2. The maximum absolute atomic E-state index is 11.8. The van der Waals surface area contributed by atoms with E-state index in [0.29, 0.717) is 26.1 Å². The molecule has 0 saturated carbocycles. The fourth-order valence-corrected chi connectivity index (χ4v) is 3.46. The molecule has 0 atom stereocenters. The molecule has 2 rings (SSSR count). The molecule has 6 nitrogen and oxygen atoms in total. The van der Waals surface area contributed by atoms with Crippen LogP contribution in [0.25, 0.3) is 0 Å². The summed E-state index contributed by atoms with van der Waals surface area (Å²) in [5, 5.41) is 12.5. The summed E-state index contributed by atoms with van der Waals surface area (Å²) >= 11 is 1.53. The number of nitrogens with zero attached hydrogens (tertiary/aromatic N) is 2. The minimum absolute atomic E-state index is 0.0111. The molecule has 1 aliphatic rings. The third kappa shape index (κ3) is 4.78. The number of aliphatic carboxylic acids is 1. The van der Waals surface area contributed by atoms with E-state index in [-0.39, 0.29) is 12.5 Å². The number of carbonyl (C=O) groups excluding carboxylic acids is 1. The molecular formula is C14H21N3O3S. The predicted octanol–water partition coefficient (Wildman–Crippen LogP) is 1.04. The average Bonchev–Trinajstić information content (AvgIpc) is 2.79. The smallest absolute Gasteiger partial charge is 0.317 e. The Morgan fingerprint density at radius 2 is 2.29 bits per heavy atom. The van der Waals surface area contributed by atoms with Crippen LogP contribution in [0.2, 0.25) is 0 Å². The zero-order chi connectivity index (χ0) is 15.2.